The molecule has 4 aromatic carbocycles. The number of hydrogen-bond acceptors (Lipinski definition) is 3. The standard InChI is InChI=1S/C36H31FO3/c1-35(2)29-19-24(37)15-16-25(29)32-27-20-30(38-3)31(39-4)21-28(27)34-26(33(32)35)17-18-36(40-34,22-11-7-5-8-12-22)23-13-9-6-10-14-23/h5-9,11-13,15-21H,10,14H2,1-4H3. The topological polar surface area (TPSA) is 27.7 Å². The molecule has 0 spiro atoms. The van der Waals surface area contributed by atoms with Crippen molar-refractivity contribution in [1.29, 1.82) is 0 Å². The molecule has 0 fully saturated rings. The lowest BCUT2D eigenvalue weighted by atomic mass is 9.76. The highest BCUT2D eigenvalue weighted by molar-refractivity contribution is 6.09. The van der Waals surface area contributed by atoms with Crippen molar-refractivity contribution in [2.24, 2.45) is 0 Å². The van der Waals surface area contributed by atoms with E-state index in [1.807, 2.05) is 24.3 Å². The molecular formula is C36H31FO3. The first-order valence-corrected chi connectivity index (χ1v) is 13.8. The van der Waals surface area contributed by atoms with Gasteiger partial charge in [0.1, 0.15) is 11.6 Å². The first kappa shape index (κ1) is 24.7. The first-order valence-electron chi connectivity index (χ1n) is 13.8. The van der Waals surface area contributed by atoms with E-state index < -0.39 is 11.0 Å². The van der Waals surface area contributed by atoms with Crippen molar-refractivity contribution in [3.05, 3.63) is 119 Å². The molecule has 0 radical (unpaired) electrons. The smallest absolute Gasteiger partial charge is 0.174 e. The van der Waals surface area contributed by atoms with Crippen molar-refractivity contribution in [2.75, 3.05) is 14.2 Å². The third-order valence-corrected chi connectivity index (χ3v) is 8.79. The summed E-state index contributed by atoms with van der Waals surface area (Å²) >= 11 is 0. The number of halogens is 1. The van der Waals surface area contributed by atoms with Crippen LogP contribution in [0, 0.1) is 5.82 Å². The molecule has 0 bridgehead atoms. The number of fused-ring (bicyclic) bond motifs is 8. The molecule has 1 aliphatic heterocycles. The lowest BCUT2D eigenvalue weighted by Gasteiger charge is -2.40. The van der Waals surface area contributed by atoms with E-state index in [1.165, 1.54) is 5.57 Å². The lowest BCUT2D eigenvalue weighted by Crippen LogP contribution is -2.36. The summed E-state index contributed by atoms with van der Waals surface area (Å²) in [5, 5.41) is 1.94. The van der Waals surface area contributed by atoms with E-state index in [9.17, 15) is 4.39 Å². The summed E-state index contributed by atoms with van der Waals surface area (Å²) in [5.74, 6) is 1.85. The van der Waals surface area contributed by atoms with Crippen molar-refractivity contribution >= 4 is 16.8 Å². The lowest BCUT2D eigenvalue weighted by molar-refractivity contribution is 0.154. The van der Waals surface area contributed by atoms with Crippen LogP contribution in [0.15, 0.2) is 90.5 Å². The zero-order valence-electron chi connectivity index (χ0n) is 23.2. The fraction of sp³-hybridized carbons (Fsp3) is 0.222. The number of hydrogen-bond donors (Lipinski definition) is 0. The van der Waals surface area contributed by atoms with Crippen molar-refractivity contribution in [2.45, 2.75) is 37.7 Å². The van der Waals surface area contributed by atoms with E-state index in [0.29, 0.717) is 11.5 Å². The Hall–Kier alpha value is -4.31. The van der Waals surface area contributed by atoms with Crippen LogP contribution in [0.5, 0.6) is 17.2 Å². The van der Waals surface area contributed by atoms with Gasteiger partial charge in [0.25, 0.3) is 0 Å². The van der Waals surface area contributed by atoms with Gasteiger partial charge in [-0.25, -0.2) is 4.39 Å². The van der Waals surface area contributed by atoms with E-state index in [0.717, 1.165) is 62.7 Å². The monoisotopic (exact) mass is 530 g/mol. The highest BCUT2D eigenvalue weighted by Crippen LogP contribution is 2.59. The molecule has 1 heterocycles. The molecule has 0 aromatic heterocycles. The van der Waals surface area contributed by atoms with E-state index in [2.05, 4.69) is 68.5 Å². The van der Waals surface area contributed by atoms with Gasteiger partial charge in [0.2, 0.25) is 0 Å². The molecule has 0 saturated heterocycles. The Kier molecular flexibility index (Phi) is 5.47. The molecule has 4 aromatic rings. The summed E-state index contributed by atoms with van der Waals surface area (Å²) in [7, 11) is 3.30. The molecule has 3 aliphatic rings. The molecule has 7 rings (SSSR count). The summed E-state index contributed by atoms with van der Waals surface area (Å²) in [6, 6.07) is 19.6. The van der Waals surface area contributed by atoms with Crippen molar-refractivity contribution in [1.82, 2.24) is 0 Å². The highest BCUT2D eigenvalue weighted by Gasteiger charge is 2.45. The maximum absolute atomic E-state index is 14.6. The van der Waals surface area contributed by atoms with Gasteiger partial charge in [0, 0.05) is 21.9 Å². The van der Waals surface area contributed by atoms with E-state index in [1.54, 1.807) is 26.4 Å². The molecule has 4 heteroatoms. The van der Waals surface area contributed by atoms with Crippen LogP contribution < -0.4 is 14.2 Å². The summed E-state index contributed by atoms with van der Waals surface area (Å²) in [6.07, 6.45) is 12.8. The van der Waals surface area contributed by atoms with Gasteiger partial charge < -0.3 is 14.2 Å². The van der Waals surface area contributed by atoms with Crippen LogP contribution in [0.3, 0.4) is 0 Å². The van der Waals surface area contributed by atoms with Crippen molar-refractivity contribution < 1.29 is 18.6 Å². The average Bonchev–Trinajstić information content (AvgIpc) is 3.23. The van der Waals surface area contributed by atoms with E-state index in [-0.39, 0.29) is 5.82 Å². The minimum atomic E-state index is -0.755. The van der Waals surface area contributed by atoms with Crippen LogP contribution in [0.4, 0.5) is 4.39 Å². The Morgan fingerprint density at radius 2 is 1.65 bits per heavy atom. The Morgan fingerprint density at radius 1 is 0.900 bits per heavy atom. The Labute approximate surface area is 234 Å². The number of allylic oxidation sites excluding steroid dienone is 3. The third-order valence-electron chi connectivity index (χ3n) is 8.79. The van der Waals surface area contributed by atoms with Gasteiger partial charge in [-0.15, -0.1) is 0 Å². The molecule has 0 amide bonds. The van der Waals surface area contributed by atoms with Gasteiger partial charge in [-0.1, -0.05) is 74.5 Å². The maximum atomic E-state index is 14.6. The average molecular weight is 531 g/mol. The predicted molar refractivity (Wildman–Crippen MR) is 159 cm³/mol. The molecule has 0 saturated carbocycles. The molecule has 40 heavy (non-hydrogen) atoms. The molecule has 1 atom stereocenters. The second-order valence-electron chi connectivity index (χ2n) is 11.3. The minimum Gasteiger partial charge on any atom is -0.493 e. The van der Waals surface area contributed by atoms with E-state index in [4.69, 9.17) is 14.2 Å². The zero-order valence-corrected chi connectivity index (χ0v) is 23.2. The highest BCUT2D eigenvalue weighted by atomic mass is 19.1. The summed E-state index contributed by atoms with van der Waals surface area (Å²) < 4.78 is 33.4. The quantitative estimate of drug-likeness (QED) is 0.264. The van der Waals surface area contributed by atoms with Gasteiger partial charge >= 0.3 is 0 Å². The largest absolute Gasteiger partial charge is 0.493 e. The molecule has 0 N–H and O–H groups in total. The van der Waals surface area contributed by atoms with E-state index >= 15 is 0 Å². The van der Waals surface area contributed by atoms with Crippen molar-refractivity contribution in [3.63, 3.8) is 0 Å². The van der Waals surface area contributed by atoms with Gasteiger partial charge in [-0.3, -0.25) is 0 Å². The number of benzene rings is 4. The molecule has 3 nitrogen and oxygen atoms in total. The number of methoxy groups -OCH3 is 2. The van der Waals surface area contributed by atoms with Crippen LogP contribution in [0.2, 0.25) is 0 Å². The van der Waals surface area contributed by atoms with Gasteiger partial charge in [0.05, 0.1) is 14.2 Å². The second-order valence-corrected chi connectivity index (χ2v) is 11.3. The van der Waals surface area contributed by atoms with Crippen LogP contribution >= 0.6 is 0 Å². The Bertz CT molecular complexity index is 1780. The Morgan fingerprint density at radius 3 is 2.35 bits per heavy atom. The van der Waals surface area contributed by atoms with Crippen LogP contribution in [0.25, 0.3) is 28.0 Å². The molecular weight excluding hydrogens is 499 g/mol. The Balaban J connectivity index is 1.60. The SMILES string of the molecule is COc1cc2c3c(c4c(c2cc1OC)-c1ccc(F)cc1C4(C)C)C=CC(C1=CC=CCC1)(c1ccccc1)O3. The first-order chi connectivity index (χ1) is 19.4. The van der Waals surface area contributed by atoms with Gasteiger partial charge in [-0.2, -0.15) is 0 Å². The summed E-state index contributed by atoms with van der Waals surface area (Å²) in [5.41, 5.74) is 6.36. The van der Waals surface area contributed by atoms with Crippen molar-refractivity contribution in [3.8, 4) is 28.4 Å². The molecule has 2 aliphatic carbocycles. The normalized spacial score (nSPS) is 19.9. The molecule has 1 unspecified atom stereocenters. The predicted octanol–water partition coefficient (Wildman–Crippen LogP) is 8.88. The fourth-order valence-corrected chi connectivity index (χ4v) is 6.89. The van der Waals surface area contributed by atoms with Crippen LogP contribution in [-0.4, -0.2) is 14.2 Å². The maximum Gasteiger partial charge on any atom is 0.174 e. The summed E-state index contributed by atoms with van der Waals surface area (Å²) in [4.78, 5) is 0. The van der Waals surface area contributed by atoms with Crippen LogP contribution in [-0.2, 0) is 11.0 Å². The third kappa shape index (κ3) is 3.35. The van der Waals surface area contributed by atoms with Gasteiger partial charge in [-0.05, 0) is 76.4 Å². The van der Waals surface area contributed by atoms with Gasteiger partial charge in [0.15, 0.2) is 17.1 Å². The minimum absolute atomic E-state index is 0.232. The molecule has 200 valence electrons. The van der Waals surface area contributed by atoms with Crippen LogP contribution in [0.1, 0.15) is 48.9 Å². The fourth-order valence-electron chi connectivity index (χ4n) is 6.89. The number of ether oxygens (including phenoxy) is 3. The zero-order chi connectivity index (χ0) is 27.6. The number of rotatable bonds is 4. The second kappa shape index (κ2) is 8.85. The summed E-state index contributed by atoms with van der Waals surface area (Å²) in [6.45, 7) is 4.34.